The van der Waals surface area contributed by atoms with Crippen molar-refractivity contribution in [1.29, 1.82) is 0 Å². The van der Waals surface area contributed by atoms with E-state index in [4.69, 9.17) is 21.3 Å². The van der Waals surface area contributed by atoms with Crippen LogP contribution in [0, 0.1) is 19.8 Å². The van der Waals surface area contributed by atoms with Gasteiger partial charge in [0.25, 0.3) is 5.91 Å². The van der Waals surface area contributed by atoms with Crippen molar-refractivity contribution in [1.82, 2.24) is 29.4 Å². The number of amides is 2. The summed E-state index contributed by atoms with van der Waals surface area (Å²) in [7, 11) is 0. The van der Waals surface area contributed by atoms with Gasteiger partial charge < -0.3 is 15.0 Å². The van der Waals surface area contributed by atoms with Gasteiger partial charge in [0.15, 0.2) is 5.65 Å². The molecule has 0 saturated carbocycles. The van der Waals surface area contributed by atoms with Gasteiger partial charge in [-0.3, -0.25) is 9.36 Å². The molecule has 10 nitrogen and oxygen atoms in total. The van der Waals surface area contributed by atoms with Crippen LogP contribution in [-0.4, -0.2) is 54.8 Å². The monoisotopic (exact) mass is 620 g/mol. The van der Waals surface area contributed by atoms with Gasteiger partial charge >= 0.3 is 11.8 Å². The summed E-state index contributed by atoms with van der Waals surface area (Å²) >= 11 is 6.59. The van der Waals surface area contributed by atoms with Gasteiger partial charge in [-0.25, -0.2) is 14.6 Å². The number of hydrogen-bond acceptors (Lipinski definition) is 6. The Hall–Kier alpha value is -4.18. The Labute approximate surface area is 263 Å². The van der Waals surface area contributed by atoms with Crippen LogP contribution < -0.4 is 11.0 Å². The molecule has 4 aromatic rings. The SMILES string of the molecule is Cc1ccc(C(=O)N(CCCNC(=O)OC(C)(C)C)C(c2nc3c(Cl)c(C)nn3c(=O)n2Cc2ccccc2)C(C)C)cc1. The number of aromatic nitrogens is 4. The molecule has 2 aromatic heterocycles. The predicted octanol–water partition coefficient (Wildman–Crippen LogP) is 5.96. The van der Waals surface area contributed by atoms with Crippen molar-refractivity contribution in [3.05, 3.63) is 98.3 Å². The number of carbonyl (C=O) groups excluding carboxylic acids is 2. The summed E-state index contributed by atoms with van der Waals surface area (Å²) in [6.45, 7) is 13.9. The second-order valence-corrected chi connectivity index (χ2v) is 12.7. The molecule has 0 aliphatic carbocycles. The van der Waals surface area contributed by atoms with Crippen LogP contribution in [-0.2, 0) is 11.3 Å². The number of fused-ring (bicyclic) bond motifs is 1. The maximum atomic E-state index is 14.2. The topological polar surface area (TPSA) is 111 Å². The first-order valence-corrected chi connectivity index (χ1v) is 15.2. The molecule has 0 saturated heterocycles. The average molecular weight is 621 g/mol. The van der Waals surface area contributed by atoms with Crippen LogP contribution in [0.2, 0.25) is 5.02 Å². The molecule has 0 aliphatic rings. The second kappa shape index (κ2) is 13.6. The molecule has 44 heavy (non-hydrogen) atoms. The van der Waals surface area contributed by atoms with E-state index in [1.807, 2.05) is 63.2 Å². The molecule has 2 aromatic carbocycles. The molecule has 2 heterocycles. The highest BCUT2D eigenvalue weighted by Crippen LogP contribution is 2.31. The van der Waals surface area contributed by atoms with E-state index in [0.29, 0.717) is 23.5 Å². The number of hydrogen-bond donors (Lipinski definition) is 1. The van der Waals surface area contributed by atoms with E-state index in [1.54, 1.807) is 49.3 Å². The summed E-state index contributed by atoms with van der Waals surface area (Å²) in [4.78, 5) is 47.2. The first-order valence-electron chi connectivity index (χ1n) is 14.8. The van der Waals surface area contributed by atoms with Crippen LogP contribution in [0.4, 0.5) is 4.79 Å². The number of carbonyl (C=O) groups is 2. The van der Waals surface area contributed by atoms with Crippen molar-refractivity contribution in [2.24, 2.45) is 5.92 Å². The van der Waals surface area contributed by atoms with E-state index >= 15 is 0 Å². The fourth-order valence-electron chi connectivity index (χ4n) is 5.03. The van der Waals surface area contributed by atoms with E-state index in [0.717, 1.165) is 11.1 Å². The molecule has 2 amide bonds. The average Bonchev–Trinajstić information content (AvgIpc) is 3.24. The lowest BCUT2D eigenvalue weighted by molar-refractivity contribution is 0.0519. The van der Waals surface area contributed by atoms with Gasteiger partial charge in [0, 0.05) is 18.7 Å². The summed E-state index contributed by atoms with van der Waals surface area (Å²) in [6.07, 6.45) is -0.0819. The minimum absolute atomic E-state index is 0.151. The molecule has 0 radical (unpaired) electrons. The van der Waals surface area contributed by atoms with Gasteiger partial charge in [0.1, 0.15) is 16.4 Å². The Morgan fingerprint density at radius 3 is 2.32 bits per heavy atom. The highest BCUT2D eigenvalue weighted by atomic mass is 35.5. The Morgan fingerprint density at radius 1 is 1.05 bits per heavy atom. The van der Waals surface area contributed by atoms with Crippen LogP contribution >= 0.6 is 11.6 Å². The molecule has 1 N–H and O–H groups in total. The summed E-state index contributed by atoms with van der Waals surface area (Å²) in [5.74, 6) is 0.0447. The number of alkyl carbamates (subject to hydrolysis) is 1. The predicted molar refractivity (Wildman–Crippen MR) is 171 cm³/mol. The van der Waals surface area contributed by atoms with Crippen LogP contribution in [0.3, 0.4) is 0 Å². The third-order valence-corrected chi connectivity index (χ3v) is 7.53. The molecule has 0 aliphatic heterocycles. The van der Waals surface area contributed by atoms with Crippen LogP contribution in [0.25, 0.3) is 5.65 Å². The molecule has 0 fully saturated rings. The van der Waals surface area contributed by atoms with Crippen molar-refractivity contribution >= 4 is 29.2 Å². The number of nitrogens with zero attached hydrogens (tertiary/aromatic N) is 5. The number of benzene rings is 2. The highest BCUT2D eigenvalue weighted by molar-refractivity contribution is 6.34. The maximum absolute atomic E-state index is 14.2. The summed E-state index contributed by atoms with van der Waals surface area (Å²) in [6, 6.07) is 16.4. The smallest absolute Gasteiger partial charge is 0.407 e. The Bertz CT molecular complexity index is 1670. The first-order chi connectivity index (χ1) is 20.8. The van der Waals surface area contributed by atoms with Crippen molar-refractivity contribution < 1.29 is 14.3 Å². The van der Waals surface area contributed by atoms with Crippen molar-refractivity contribution in [2.75, 3.05) is 13.1 Å². The lowest BCUT2D eigenvalue weighted by atomic mass is 9.99. The molecule has 0 spiro atoms. The molecule has 1 unspecified atom stereocenters. The lowest BCUT2D eigenvalue weighted by Crippen LogP contribution is -2.43. The van der Waals surface area contributed by atoms with Crippen molar-refractivity contribution in [3.63, 3.8) is 0 Å². The molecular weight excluding hydrogens is 580 g/mol. The summed E-state index contributed by atoms with van der Waals surface area (Å²) < 4.78 is 8.16. The molecule has 1 atom stereocenters. The van der Waals surface area contributed by atoms with E-state index in [1.165, 1.54) is 4.52 Å². The zero-order valence-electron chi connectivity index (χ0n) is 26.4. The quantitative estimate of drug-likeness (QED) is 0.219. The first kappa shape index (κ1) is 32.7. The Kier molecular flexibility index (Phi) is 10.1. The number of nitrogens with one attached hydrogen (secondary N) is 1. The van der Waals surface area contributed by atoms with Gasteiger partial charge in [-0.15, -0.1) is 0 Å². The van der Waals surface area contributed by atoms with E-state index in [2.05, 4.69) is 10.4 Å². The molecule has 0 bridgehead atoms. The van der Waals surface area contributed by atoms with Gasteiger partial charge in [-0.05, 0) is 64.7 Å². The highest BCUT2D eigenvalue weighted by Gasteiger charge is 2.33. The Morgan fingerprint density at radius 2 is 1.70 bits per heavy atom. The minimum Gasteiger partial charge on any atom is -0.444 e. The van der Waals surface area contributed by atoms with Gasteiger partial charge in [0.05, 0.1) is 18.3 Å². The largest absolute Gasteiger partial charge is 0.444 e. The number of rotatable bonds is 10. The third kappa shape index (κ3) is 7.66. The summed E-state index contributed by atoms with van der Waals surface area (Å²) in [5.41, 5.74) is 2.15. The fraction of sp³-hybridized carbons (Fsp3) is 0.424. The molecule has 234 valence electrons. The zero-order chi connectivity index (χ0) is 32.2. The lowest BCUT2D eigenvalue weighted by Gasteiger charge is -2.35. The van der Waals surface area contributed by atoms with Crippen molar-refractivity contribution in [3.8, 4) is 0 Å². The molecule has 11 heteroatoms. The fourth-order valence-corrected chi connectivity index (χ4v) is 5.19. The Balaban J connectivity index is 1.80. The van der Waals surface area contributed by atoms with Crippen LogP contribution in [0.15, 0.2) is 59.4 Å². The van der Waals surface area contributed by atoms with E-state index < -0.39 is 23.4 Å². The van der Waals surface area contributed by atoms with Gasteiger partial charge in [0.2, 0.25) is 0 Å². The van der Waals surface area contributed by atoms with Crippen LogP contribution in [0.1, 0.15) is 80.1 Å². The van der Waals surface area contributed by atoms with E-state index in [9.17, 15) is 14.4 Å². The van der Waals surface area contributed by atoms with E-state index in [-0.39, 0.29) is 42.1 Å². The number of aryl methyl sites for hydroxylation is 2. The molecule has 4 rings (SSSR count). The van der Waals surface area contributed by atoms with Gasteiger partial charge in [-0.1, -0.05) is 73.5 Å². The maximum Gasteiger partial charge on any atom is 0.407 e. The molecular formula is C33H41ClN6O4. The number of halogens is 1. The third-order valence-electron chi connectivity index (χ3n) is 7.09. The summed E-state index contributed by atoms with van der Waals surface area (Å²) in [5, 5.41) is 7.42. The van der Waals surface area contributed by atoms with Gasteiger partial charge in [-0.2, -0.15) is 9.61 Å². The number of ether oxygens (including phenoxy) is 1. The second-order valence-electron chi connectivity index (χ2n) is 12.3. The van der Waals surface area contributed by atoms with Crippen molar-refractivity contribution in [2.45, 2.75) is 73.1 Å². The standard InChI is InChI=1S/C33H41ClN6O4/c1-21(2)27(29-36-28-26(34)23(4)37-40(28)32(43)39(29)20-24-12-9-8-10-13-24)38(30(41)25-16-14-22(3)15-17-25)19-11-18-35-31(42)44-33(5,6)7/h8-10,12-17,21,27H,11,18-20H2,1-7H3,(H,35,42). The minimum atomic E-state index is -0.625. The van der Waals surface area contributed by atoms with Crippen LogP contribution in [0.5, 0.6) is 0 Å². The zero-order valence-corrected chi connectivity index (χ0v) is 27.2. The normalized spacial score (nSPS) is 12.4.